The van der Waals surface area contributed by atoms with Crippen molar-refractivity contribution in [3.05, 3.63) is 0 Å². The Kier molecular flexibility index (Phi) is 6.32. The molecule has 0 aliphatic carbocycles. The molecule has 1 unspecified atom stereocenters. The van der Waals surface area contributed by atoms with E-state index in [-0.39, 0.29) is 36.4 Å². The average Bonchev–Trinajstić information content (AvgIpc) is 2.19. The fourth-order valence-corrected chi connectivity index (χ4v) is 1.91. The van der Waals surface area contributed by atoms with Crippen molar-refractivity contribution >= 4 is 11.9 Å². The third-order valence-corrected chi connectivity index (χ3v) is 2.70. The summed E-state index contributed by atoms with van der Waals surface area (Å²) in [5, 5.41) is 8.84. The molecule has 0 heterocycles. The number of nitrogens with zero attached hydrogens (tertiary/aromatic N) is 1. The molecule has 0 bridgehead atoms. The molecule has 0 spiro atoms. The minimum absolute atomic E-state index is 0.00836. The summed E-state index contributed by atoms with van der Waals surface area (Å²) < 4.78 is 0. The van der Waals surface area contributed by atoms with E-state index in [0.29, 0.717) is 6.42 Å². The van der Waals surface area contributed by atoms with Crippen molar-refractivity contribution in [1.82, 2.24) is 4.90 Å². The molecule has 0 radical (unpaired) electrons. The van der Waals surface area contributed by atoms with E-state index in [1.165, 1.54) is 4.90 Å². The molecule has 106 valence electrons. The first-order valence-electron chi connectivity index (χ1n) is 6.31. The zero-order chi connectivity index (χ0) is 14.5. The number of carboxylic acid groups (broad SMARTS) is 1. The second kappa shape index (κ2) is 6.73. The highest BCUT2D eigenvalue weighted by Crippen LogP contribution is 2.25. The van der Waals surface area contributed by atoms with E-state index in [0.717, 1.165) is 0 Å². The van der Waals surface area contributed by atoms with E-state index in [1.807, 2.05) is 34.6 Å². The molecule has 0 aromatic heterocycles. The minimum atomic E-state index is -0.997. The molecule has 5 nitrogen and oxygen atoms in total. The second-order valence-electron chi connectivity index (χ2n) is 6.15. The van der Waals surface area contributed by atoms with Crippen molar-refractivity contribution in [3.8, 4) is 0 Å². The van der Waals surface area contributed by atoms with Gasteiger partial charge in [0.25, 0.3) is 0 Å². The summed E-state index contributed by atoms with van der Waals surface area (Å²) in [7, 11) is 0. The van der Waals surface area contributed by atoms with Gasteiger partial charge in [0, 0.05) is 12.6 Å². The summed E-state index contributed by atoms with van der Waals surface area (Å²) in [6, 6.07) is -0.136. The Balaban J connectivity index is 4.86. The topological polar surface area (TPSA) is 83.6 Å². The fraction of sp³-hybridized carbons (Fsp3) is 0.846. The van der Waals surface area contributed by atoms with Crippen LogP contribution < -0.4 is 5.73 Å². The van der Waals surface area contributed by atoms with Crippen LogP contribution in [0.25, 0.3) is 0 Å². The summed E-state index contributed by atoms with van der Waals surface area (Å²) in [6.45, 7) is 9.73. The van der Waals surface area contributed by atoms with Crippen LogP contribution in [0.4, 0.5) is 0 Å². The van der Waals surface area contributed by atoms with Gasteiger partial charge in [-0.1, -0.05) is 20.8 Å². The van der Waals surface area contributed by atoms with E-state index in [9.17, 15) is 9.59 Å². The van der Waals surface area contributed by atoms with E-state index >= 15 is 0 Å². The van der Waals surface area contributed by atoms with Gasteiger partial charge in [0.2, 0.25) is 5.91 Å². The molecule has 0 aliphatic rings. The number of hydrogen-bond acceptors (Lipinski definition) is 3. The Morgan fingerprint density at radius 1 is 1.28 bits per heavy atom. The van der Waals surface area contributed by atoms with Crippen molar-refractivity contribution in [3.63, 3.8) is 0 Å². The van der Waals surface area contributed by atoms with E-state index < -0.39 is 5.97 Å². The Hall–Kier alpha value is -1.10. The SMILES string of the molecule is CC(C)N(CC(=O)O)C(=O)C(CN)CC(C)(C)C. The molecule has 0 aliphatic heterocycles. The first-order chi connectivity index (χ1) is 8.08. The van der Waals surface area contributed by atoms with Crippen molar-refractivity contribution in [1.29, 1.82) is 0 Å². The predicted octanol–water partition coefficient (Wildman–Crippen LogP) is 1.32. The molecule has 0 fully saturated rings. The lowest BCUT2D eigenvalue weighted by Gasteiger charge is -2.31. The van der Waals surface area contributed by atoms with Gasteiger partial charge in [-0.25, -0.2) is 0 Å². The number of aliphatic carboxylic acids is 1. The lowest BCUT2D eigenvalue weighted by Crippen LogP contribution is -2.46. The van der Waals surface area contributed by atoms with Gasteiger partial charge in [-0.15, -0.1) is 0 Å². The highest BCUT2D eigenvalue weighted by Gasteiger charge is 2.29. The second-order valence-corrected chi connectivity index (χ2v) is 6.15. The smallest absolute Gasteiger partial charge is 0.323 e. The van der Waals surface area contributed by atoms with E-state index in [4.69, 9.17) is 10.8 Å². The zero-order valence-corrected chi connectivity index (χ0v) is 12.1. The molecule has 0 saturated carbocycles. The molecular weight excluding hydrogens is 232 g/mol. The van der Waals surface area contributed by atoms with Crippen LogP contribution in [0, 0.1) is 11.3 Å². The number of carboxylic acids is 1. The van der Waals surface area contributed by atoms with Crippen LogP contribution in [-0.2, 0) is 9.59 Å². The monoisotopic (exact) mass is 258 g/mol. The summed E-state index contributed by atoms with van der Waals surface area (Å²) in [5.41, 5.74) is 5.65. The Labute approximate surface area is 109 Å². The van der Waals surface area contributed by atoms with Gasteiger partial charge in [0.1, 0.15) is 6.54 Å². The van der Waals surface area contributed by atoms with Crippen LogP contribution in [0.1, 0.15) is 41.0 Å². The maximum Gasteiger partial charge on any atom is 0.323 e. The molecule has 0 rings (SSSR count). The molecule has 5 heteroatoms. The first-order valence-corrected chi connectivity index (χ1v) is 6.31. The van der Waals surface area contributed by atoms with Gasteiger partial charge in [-0.3, -0.25) is 9.59 Å². The summed E-state index contributed by atoms with van der Waals surface area (Å²) in [5.74, 6) is -1.47. The third kappa shape index (κ3) is 6.00. The van der Waals surface area contributed by atoms with E-state index in [2.05, 4.69) is 0 Å². The number of rotatable bonds is 6. The van der Waals surface area contributed by atoms with Gasteiger partial charge < -0.3 is 15.7 Å². The van der Waals surface area contributed by atoms with Crippen LogP contribution in [0.3, 0.4) is 0 Å². The maximum atomic E-state index is 12.3. The number of amides is 1. The largest absolute Gasteiger partial charge is 0.480 e. The van der Waals surface area contributed by atoms with Crippen molar-refractivity contribution in [2.75, 3.05) is 13.1 Å². The van der Waals surface area contributed by atoms with Crippen molar-refractivity contribution in [2.45, 2.75) is 47.1 Å². The Morgan fingerprint density at radius 2 is 1.78 bits per heavy atom. The highest BCUT2D eigenvalue weighted by molar-refractivity contribution is 5.83. The van der Waals surface area contributed by atoms with E-state index in [1.54, 1.807) is 0 Å². The molecule has 18 heavy (non-hydrogen) atoms. The number of nitrogens with two attached hydrogens (primary N) is 1. The molecule has 0 aromatic rings. The van der Waals surface area contributed by atoms with Gasteiger partial charge in [0.15, 0.2) is 0 Å². The molecule has 1 atom stereocenters. The maximum absolute atomic E-state index is 12.3. The quantitative estimate of drug-likeness (QED) is 0.752. The number of carbonyl (C=O) groups is 2. The zero-order valence-electron chi connectivity index (χ0n) is 12.1. The van der Waals surface area contributed by atoms with Crippen molar-refractivity contribution < 1.29 is 14.7 Å². The Bertz CT molecular complexity index is 295. The van der Waals surface area contributed by atoms with Crippen LogP contribution in [0.5, 0.6) is 0 Å². The van der Waals surface area contributed by atoms with Crippen LogP contribution in [0.15, 0.2) is 0 Å². The van der Waals surface area contributed by atoms with Gasteiger partial charge in [-0.05, 0) is 25.7 Å². The average molecular weight is 258 g/mol. The van der Waals surface area contributed by atoms with Crippen molar-refractivity contribution in [2.24, 2.45) is 17.1 Å². The summed E-state index contributed by atoms with van der Waals surface area (Å²) in [4.78, 5) is 24.5. The number of carbonyl (C=O) groups excluding carboxylic acids is 1. The fourth-order valence-electron chi connectivity index (χ4n) is 1.91. The highest BCUT2D eigenvalue weighted by atomic mass is 16.4. The Morgan fingerprint density at radius 3 is 2.06 bits per heavy atom. The summed E-state index contributed by atoms with van der Waals surface area (Å²) >= 11 is 0. The normalized spacial score (nSPS) is 13.5. The van der Waals surface area contributed by atoms with Gasteiger partial charge in [0.05, 0.1) is 5.92 Å². The minimum Gasteiger partial charge on any atom is -0.480 e. The molecule has 0 aromatic carbocycles. The standard InChI is InChI=1S/C13H26N2O3/c1-9(2)15(8-11(16)17)12(18)10(7-14)6-13(3,4)5/h9-10H,6-8,14H2,1-5H3,(H,16,17). The van der Waals surface area contributed by atoms with Crippen LogP contribution in [0.2, 0.25) is 0 Å². The van der Waals surface area contributed by atoms with Crippen LogP contribution >= 0.6 is 0 Å². The first kappa shape index (κ1) is 16.9. The number of hydrogen-bond donors (Lipinski definition) is 2. The van der Waals surface area contributed by atoms with Gasteiger partial charge >= 0.3 is 5.97 Å². The third-order valence-electron chi connectivity index (χ3n) is 2.70. The molecule has 1 amide bonds. The molecule has 0 saturated heterocycles. The predicted molar refractivity (Wildman–Crippen MR) is 71.1 cm³/mol. The lowest BCUT2D eigenvalue weighted by molar-refractivity contribution is -0.148. The summed E-state index contributed by atoms with van der Waals surface area (Å²) in [6.07, 6.45) is 0.658. The van der Waals surface area contributed by atoms with Crippen LogP contribution in [-0.4, -0.2) is 41.0 Å². The molecular formula is C13H26N2O3. The van der Waals surface area contributed by atoms with Gasteiger partial charge in [-0.2, -0.15) is 0 Å². The lowest BCUT2D eigenvalue weighted by atomic mass is 9.84. The molecule has 3 N–H and O–H groups in total.